The van der Waals surface area contributed by atoms with Gasteiger partial charge in [0.2, 0.25) is 5.95 Å². The van der Waals surface area contributed by atoms with Crippen molar-refractivity contribution in [3.63, 3.8) is 0 Å². The zero-order chi connectivity index (χ0) is 22.2. The number of nitrogens with zero attached hydrogens (tertiary/aromatic N) is 4. The summed E-state index contributed by atoms with van der Waals surface area (Å²) in [7, 11) is 0. The molecule has 8 nitrogen and oxygen atoms in total. The van der Waals surface area contributed by atoms with Gasteiger partial charge in [-0.25, -0.2) is 4.98 Å². The third kappa shape index (κ3) is 5.16. The molecule has 1 amide bonds. The molecule has 4 rings (SSSR count). The Hall–Kier alpha value is -2.79. The predicted molar refractivity (Wildman–Crippen MR) is 119 cm³/mol. The Kier molecular flexibility index (Phi) is 6.99. The number of hydrogen-bond acceptors (Lipinski definition) is 7. The molecule has 1 aromatic heterocycles. The van der Waals surface area contributed by atoms with Crippen LogP contribution < -0.4 is 26.6 Å². The lowest BCUT2D eigenvalue weighted by Gasteiger charge is -2.34. The number of carbonyl (C=O) groups excluding carboxylic acids is 1. The van der Waals surface area contributed by atoms with Gasteiger partial charge in [0.15, 0.2) is 0 Å². The minimum atomic E-state index is -4.51. The van der Waals surface area contributed by atoms with Gasteiger partial charge in [-0.1, -0.05) is 0 Å². The molecule has 2 aliphatic rings. The second-order valence-electron chi connectivity index (χ2n) is 7.88. The number of carbonyl (C=O) groups is 1. The summed E-state index contributed by atoms with van der Waals surface area (Å²) in [6, 6.07) is 3.71. The Morgan fingerprint density at radius 3 is 2.44 bits per heavy atom. The molecule has 0 aliphatic carbocycles. The van der Waals surface area contributed by atoms with E-state index in [2.05, 4.69) is 15.3 Å². The molecule has 1 atom stereocenters. The molecule has 0 bridgehead atoms. The van der Waals surface area contributed by atoms with E-state index < -0.39 is 17.6 Å². The smallest absolute Gasteiger partial charge is 0.371 e. The van der Waals surface area contributed by atoms with E-state index in [1.54, 1.807) is 6.07 Å². The summed E-state index contributed by atoms with van der Waals surface area (Å²) < 4.78 is 40.4. The molecule has 0 radical (unpaired) electrons. The lowest BCUT2D eigenvalue weighted by atomic mass is 10.1. The molecule has 32 heavy (non-hydrogen) atoms. The number of benzene rings is 1. The third-order valence-corrected chi connectivity index (χ3v) is 5.51. The zero-order valence-corrected chi connectivity index (χ0v) is 18.0. The van der Waals surface area contributed by atoms with Crippen LogP contribution >= 0.6 is 12.4 Å². The molecule has 2 saturated heterocycles. The van der Waals surface area contributed by atoms with E-state index in [0.717, 1.165) is 31.4 Å². The maximum Gasteiger partial charge on any atom is 0.416 e. The predicted octanol–water partition coefficient (Wildman–Crippen LogP) is 2.90. The second kappa shape index (κ2) is 9.37. The van der Waals surface area contributed by atoms with Gasteiger partial charge in [0.05, 0.1) is 5.56 Å². The topological polar surface area (TPSA) is 113 Å². The Bertz CT molecular complexity index is 984. The van der Waals surface area contributed by atoms with Crippen LogP contribution in [-0.2, 0) is 6.18 Å². The fourth-order valence-electron chi connectivity index (χ4n) is 3.73. The maximum atomic E-state index is 13.5. The van der Waals surface area contributed by atoms with E-state index in [1.807, 2.05) is 9.80 Å². The molecular weight excluding hydrogens is 447 g/mol. The Morgan fingerprint density at radius 1 is 1.12 bits per heavy atom. The number of piperidine rings is 1. The second-order valence-corrected chi connectivity index (χ2v) is 7.88. The van der Waals surface area contributed by atoms with Crippen LogP contribution in [0, 0.1) is 0 Å². The number of aromatic nitrogens is 2. The number of nitrogens with one attached hydrogen (secondary N) is 1. The molecule has 174 valence electrons. The molecule has 2 aliphatic heterocycles. The number of nitrogens with two attached hydrogens (primary N) is 2. The quantitative estimate of drug-likeness (QED) is 0.614. The monoisotopic (exact) mass is 471 g/mol. The number of anilines is 4. The Labute approximate surface area is 189 Å². The van der Waals surface area contributed by atoms with E-state index in [-0.39, 0.29) is 35.5 Å². The summed E-state index contributed by atoms with van der Waals surface area (Å²) in [5.41, 5.74) is 11.3. The van der Waals surface area contributed by atoms with E-state index >= 15 is 0 Å². The largest absolute Gasteiger partial charge is 0.416 e. The van der Waals surface area contributed by atoms with Gasteiger partial charge in [-0.05, 0) is 37.5 Å². The summed E-state index contributed by atoms with van der Waals surface area (Å²) in [5.74, 6) is -0.373. The molecule has 3 heterocycles. The number of hydrogen-bond donors (Lipinski definition) is 3. The van der Waals surface area contributed by atoms with Crippen LogP contribution in [0.15, 0.2) is 24.4 Å². The molecule has 1 unspecified atom stereocenters. The van der Waals surface area contributed by atoms with E-state index in [9.17, 15) is 18.0 Å². The lowest BCUT2D eigenvalue weighted by molar-refractivity contribution is -0.137. The highest BCUT2D eigenvalue weighted by Gasteiger charge is 2.32. The van der Waals surface area contributed by atoms with Crippen LogP contribution in [0.1, 0.15) is 35.2 Å². The molecule has 2 aromatic rings. The van der Waals surface area contributed by atoms with Crippen LogP contribution in [0.4, 0.5) is 36.3 Å². The molecule has 12 heteroatoms. The van der Waals surface area contributed by atoms with Crippen LogP contribution in [0.2, 0.25) is 0 Å². The summed E-state index contributed by atoms with van der Waals surface area (Å²) in [6.45, 7) is 2.64. The number of primary amides is 1. The first-order valence-corrected chi connectivity index (χ1v) is 10.1. The number of alkyl halides is 3. The summed E-state index contributed by atoms with van der Waals surface area (Å²) in [4.78, 5) is 24.3. The van der Waals surface area contributed by atoms with Crippen molar-refractivity contribution in [2.24, 2.45) is 11.5 Å². The molecular formula is C20H25ClF3N7O. The minimum absolute atomic E-state index is 0. The lowest BCUT2D eigenvalue weighted by Crippen LogP contribution is -2.43. The summed E-state index contributed by atoms with van der Waals surface area (Å²) in [6.07, 6.45) is -0.526. The number of amides is 1. The average molecular weight is 472 g/mol. The first kappa shape index (κ1) is 23.9. The van der Waals surface area contributed by atoms with Gasteiger partial charge in [-0.15, -0.1) is 12.4 Å². The van der Waals surface area contributed by atoms with Crippen LogP contribution in [0.5, 0.6) is 0 Å². The fraction of sp³-hybridized carbons (Fsp3) is 0.450. The molecule has 1 aromatic carbocycles. The SMILES string of the molecule is Cl.NC(=O)c1cnc(N2CCCC(N)C2)nc1Nc1cc(N2CCC2)cc(C(F)(F)F)c1. The Balaban J connectivity index is 0.00000289. The highest BCUT2D eigenvalue weighted by molar-refractivity contribution is 5.98. The zero-order valence-electron chi connectivity index (χ0n) is 17.2. The third-order valence-electron chi connectivity index (χ3n) is 5.51. The van der Waals surface area contributed by atoms with E-state index in [4.69, 9.17) is 11.5 Å². The normalized spacial score (nSPS) is 18.6. The highest BCUT2D eigenvalue weighted by atomic mass is 35.5. The average Bonchev–Trinajstić information content (AvgIpc) is 2.65. The van der Waals surface area contributed by atoms with Gasteiger partial charge in [-0.3, -0.25) is 4.79 Å². The molecule has 0 saturated carbocycles. The van der Waals surface area contributed by atoms with Gasteiger partial charge < -0.3 is 26.6 Å². The van der Waals surface area contributed by atoms with Crippen molar-refractivity contribution in [1.29, 1.82) is 0 Å². The van der Waals surface area contributed by atoms with Crippen LogP contribution in [0.3, 0.4) is 0 Å². The standard InChI is InChI=1S/C20H24F3N7O.ClH/c21-20(22,23)12-7-14(9-15(8-12)29-5-2-6-29)27-18-16(17(25)31)10-26-19(28-18)30-4-1-3-13(24)11-30;/h7-10,13H,1-6,11,24H2,(H2,25,31)(H,26,27,28);1H. The minimum Gasteiger partial charge on any atom is -0.371 e. The highest BCUT2D eigenvalue weighted by Crippen LogP contribution is 2.36. The van der Waals surface area contributed by atoms with Crippen molar-refractivity contribution in [3.05, 3.63) is 35.5 Å². The van der Waals surface area contributed by atoms with Gasteiger partial charge >= 0.3 is 6.18 Å². The molecule has 2 fully saturated rings. The van der Waals surface area contributed by atoms with E-state index in [0.29, 0.717) is 37.8 Å². The van der Waals surface area contributed by atoms with Crippen LogP contribution in [0.25, 0.3) is 0 Å². The van der Waals surface area contributed by atoms with Gasteiger partial charge in [0.1, 0.15) is 11.4 Å². The molecule has 5 N–H and O–H groups in total. The first-order valence-electron chi connectivity index (χ1n) is 10.1. The summed E-state index contributed by atoms with van der Waals surface area (Å²) in [5, 5.41) is 2.86. The van der Waals surface area contributed by atoms with Crippen molar-refractivity contribution >= 4 is 41.5 Å². The molecule has 0 spiro atoms. The Morgan fingerprint density at radius 2 is 1.84 bits per heavy atom. The number of halogens is 4. The van der Waals surface area contributed by atoms with Crippen molar-refractivity contribution in [3.8, 4) is 0 Å². The number of rotatable bonds is 5. The van der Waals surface area contributed by atoms with Crippen molar-refractivity contribution < 1.29 is 18.0 Å². The first-order chi connectivity index (χ1) is 14.7. The summed E-state index contributed by atoms with van der Waals surface area (Å²) >= 11 is 0. The van der Waals surface area contributed by atoms with Crippen LogP contribution in [-0.4, -0.2) is 48.1 Å². The van der Waals surface area contributed by atoms with Gasteiger partial charge in [0.25, 0.3) is 5.91 Å². The van der Waals surface area contributed by atoms with Gasteiger partial charge in [-0.2, -0.15) is 18.2 Å². The van der Waals surface area contributed by atoms with Crippen molar-refractivity contribution in [2.75, 3.05) is 41.3 Å². The maximum absolute atomic E-state index is 13.5. The van der Waals surface area contributed by atoms with Crippen molar-refractivity contribution in [2.45, 2.75) is 31.5 Å². The fourth-order valence-corrected chi connectivity index (χ4v) is 3.73. The van der Waals surface area contributed by atoms with Crippen molar-refractivity contribution in [1.82, 2.24) is 9.97 Å². The van der Waals surface area contributed by atoms with Gasteiger partial charge in [0, 0.05) is 49.8 Å². The van der Waals surface area contributed by atoms with E-state index in [1.165, 1.54) is 6.20 Å².